The molecular weight excluding hydrogens is 274 g/mol. The second-order valence-electron chi connectivity index (χ2n) is 4.79. The molecule has 0 N–H and O–H groups in total. The molecule has 1 unspecified atom stereocenters. The Hall–Kier alpha value is -1.95. The van der Waals surface area contributed by atoms with E-state index in [4.69, 9.17) is 0 Å². The van der Waals surface area contributed by atoms with Crippen molar-refractivity contribution in [3.8, 4) is 0 Å². The largest absolute Gasteiger partial charge is 0.347 e. The predicted molar refractivity (Wildman–Crippen MR) is 76.5 cm³/mol. The number of carbonyl (C=O) groups excluding carboxylic acids is 1. The van der Waals surface area contributed by atoms with Crippen LogP contribution in [0.4, 0.5) is 0 Å². The van der Waals surface area contributed by atoms with Gasteiger partial charge in [-0.15, -0.1) is 11.3 Å². The third-order valence-electron chi connectivity index (χ3n) is 3.53. The molecule has 1 saturated heterocycles. The minimum absolute atomic E-state index is 0.0176. The number of likely N-dealkylation sites (tertiary alicyclic amines) is 1. The number of carbonyl (C=O) groups is 1. The molecule has 0 aliphatic carbocycles. The van der Waals surface area contributed by atoms with Crippen LogP contribution in [0.25, 0.3) is 0 Å². The van der Waals surface area contributed by atoms with Gasteiger partial charge in [0.2, 0.25) is 5.91 Å². The standard InChI is InChI=1S/C14H15N3O2S/c18-13(10-16-7-3-6-15-14(16)19)17-8-1-4-11(17)12-5-2-9-20-12/h2-3,5-7,9,11H,1,4,8,10H2. The number of amides is 1. The summed E-state index contributed by atoms with van der Waals surface area (Å²) in [5, 5.41) is 2.03. The van der Waals surface area contributed by atoms with Crippen LogP contribution in [0.3, 0.4) is 0 Å². The lowest BCUT2D eigenvalue weighted by molar-refractivity contribution is -0.132. The minimum atomic E-state index is -0.382. The molecule has 104 valence electrons. The lowest BCUT2D eigenvalue weighted by atomic mass is 10.2. The van der Waals surface area contributed by atoms with Gasteiger partial charge in [0, 0.05) is 23.8 Å². The van der Waals surface area contributed by atoms with E-state index in [0.717, 1.165) is 19.4 Å². The summed E-state index contributed by atoms with van der Waals surface area (Å²) in [7, 11) is 0. The van der Waals surface area contributed by atoms with Crippen LogP contribution in [0.15, 0.2) is 40.8 Å². The van der Waals surface area contributed by atoms with Crippen LogP contribution >= 0.6 is 11.3 Å². The van der Waals surface area contributed by atoms with E-state index >= 15 is 0 Å². The Morgan fingerprint density at radius 2 is 2.35 bits per heavy atom. The molecule has 0 spiro atoms. The molecule has 1 fully saturated rings. The Morgan fingerprint density at radius 1 is 1.45 bits per heavy atom. The lowest BCUT2D eigenvalue weighted by Gasteiger charge is -2.24. The number of aromatic nitrogens is 2. The fourth-order valence-electron chi connectivity index (χ4n) is 2.59. The molecule has 3 rings (SSSR count). The first-order valence-corrected chi connectivity index (χ1v) is 7.48. The van der Waals surface area contributed by atoms with Crippen molar-refractivity contribution >= 4 is 17.2 Å². The number of hydrogen-bond acceptors (Lipinski definition) is 4. The molecule has 2 aromatic rings. The van der Waals surface area contributed by atoms with Crippen molar-refractivity contribution in [1.82, 2.24) is 14.5 Å². The van der Waals surface area contributed by atoms with Crippen molar-refractivity contribution in [3.63, 3.8) is 0 Å². The predicted octanol–water partition coefficient (Wildman–Crippen LogP) is 1.67. The van der Waals surface area contributed by atoms with Gasteiger partial charge in [0.05, 0.1) is 6.04 Å². The Bertz CT molecular complexity index is 650. The highest BCUT2D eigenvalue weighted by Gasteiger charge is 2.30. The third kappa shape index (κ3) is 2.51. The van der Waals surface area contributed by atoms with E-state index in [1.54, 1.807) is 23.6 Å². The van der Waals surface area contributed by atoms with Gasteiger partial charge in [-0.25, -0.2) is 9.78 Å². The molecular formula is C14H15N3O2S. The van der Waals surface area contributed by atoms with Gasteiger partial charge in [0.25, 0.3) is 0 Å². The SMILES string of the molecule is O=C(Cn1cccnc1=O)N1CCCC1c1cccs1. The zero-order valence-electron chi connectivity index (χ0n) is 10.9. The van der Waals surface area contributed by atoms with E-state index in [1.165, 1.54) is 15.6 Å². The fraction of sp³-hybridized carbons (Fsp3) is 0.357. The minimum Gasteiger partial charge on any atom is -0.333 e. The molecule has 1 aliphatic heterocycles. The molecule has 6 heteroatoms. The summed E-state index contributed by atoms with van der Waals surface area (Å²) in [6.07, 6.45) is 5.04. The van der Waals surface area contributed by atoms with Crippen molar-refractivity contribution < 1.29 is 4.79 Å². The van der Waals surface area contributed by atoms with Gasteiger partial charge in [0.15, 0.2) is 0 Å². The van der Waals surface area contributed by atoms with Gasteiger partial charge in [-0.1, -0.05) is 6.07 Å². The highest BCUT2D eigenvalue weighted by Crippen LogP contribution is 2.34. The van der Waals surface area contributed by atoms with Crippen LogP contribution in [-0.4, -0.2) is 26.9 Å². The van der Waals surface area contributed by atoms with Crippen molar-refractivity contribution in [2.75, 3.05) is 6.54 Å². The molecule has 20 heavy (non-hydrogen) atoms. The summed E-state index contributed by atoms with van der Waals surface area (Å²) in [6.45, 7) is 0.824. The molecule has 0 saturated carbocycles. The first-order chi connectivity index (χ1) is 9.75. The van der Waals surface area contributed by atoms with E-state index < -0.39 is 0 Å². The second kappa shape index (κ2) is 5.58. The van der Waals surface area contributed by atoms with Crippen molar-refractivity contribution in [3.05, 3.63) is 51.3 Å². The highest BCUT2D eigenvalue weighted by molar-refractivity contribution is 7.10. The first kappa shape index (κ1) is 13.1. The van der Waals surface area contributed by atoms with Crippen LogP contribution in [0, 0.1) is 0 Å². The Balaban J connectivity index is 1.77. The van der Waals surface area contributed by atoms with E-state index in [0.29, 0.717) is 0 Å². The van der Waals surface area contributed by atoms with Gasteiger partial charge < -0.3 is 4.90 Å². The van der Waals surface area contributed by atoms with Crippen molar-refractivity contribution in [2.24, 2.45) is 0 Å². The summed E-state index contributed by atoms with van der Waals surface area (Å²) >= 11 is 1.68. The number of nitrogens with zero attached hydrogens (tertiary/aromatic N) is 3. The normalized spacial score (nSPS) is 18.4. The zero-order valence-corrected chi connectivity index (χ0v) is 11.8. The molecule has 1 atom stereocenters. The van der Waals surface area contributed by atoms with Crippen LogP contribution in [-0.2, 0) is 11.3 Å². The molecule has 5 nitrogen and oxygen atoms in total. The van der Waals surface area contributed by atoms with Crippen molar-refractivity contribution in [2.45, 2.75) is 25.4 Å². The fourth-order valence-corrected chi connectivity index (χ4v) is 3.46. The smallest absolute Gasteiger partial charge is 0.333 e. The molecule has 2 aromatic heterocycles. The molecule has 0 bridgehead atoms. The summed E-state index contributed by atoms with van der Waals surface area (Å²) in [5.41, 5.74) is -0.382. The molecule has 0 radical (unpaired) electrons. The van der Waals surface area contributed by atoms with Crippen molar-refractivity contribution in [1.29, 1.82) is 0 Å². The molecule has 3 heterocycles. The van der Waals surface area contributed by atoms with Gasteiger partial charge in [-0.3, -0.25) is 9.36 Å². The number of thiophene rings is 1. The topological polar surface area (TPSA) is 55.2 Å². The Morgan fingerprint density at radius 3 is 3.10 bits per heavy atom. The molecule has 1 aliphatic rings. The van der Waals surface area contributed by atoms with Crippen LogP contribution < -0.4 is 5.69 Å². The summed E-state index contributed by atoms with van der Waals surface area (Å²) < 4.78 is 1.35. The quantitative estimate of drug-likeness (QED) is 0.863. The zero-order chi connectivity index (χ0) is 13.9. The van der Waals surface area contributed by atoms with Gasteiger partial charge in [0.1, 0.15) is 6.54 Å². The summed E-state index contributed by atoms with van der Waals surface area (Å²) in [6, 6.07) is 5.90. The monoisotopic (exact) mass is 289 g/mol. The van der Waals surface area contributed by atoms with Gasteiger partial charge >= 0.3 is 5.69 Å². The van der Waals surface area contributed by atoms with Crippen LogP contribution in [0.1, 0.15) is 23.8 Å². The van der Waals surface area contributed by atoms with E-state index in [9.17, 15) is 9.59 Å². The maximum atomic E-state index is 12.4. The van der Waals surface area contributed by atoms with Crippen LogP contribution in [0.2, 0.25) is 0 Å². The lowest BCUT2D eigenvalue weighted by Crippen LogP contribution is -2.36. The summed E-state index contributed by atoms with van der Waals surface area (Å²) in [5.74, 6) is -0.0176. The molecule has 0 aromatic carbocycles. The summed E-state index contributed by atoms with van der Waals surface area (Å²) in [4.78, 5) is 30.7. The Kier molecular flexibility index (Phi) is 3.64. The van der Waals surface area contributed by atoms with Crippen LogP contribution in [0.5, 0.6) is 0 Å². The maximum Gasteiger partial charge on any atom is 0.347 e. The number of hydrogen-bond donors (Lipinski definition) is 0. The highest BCUT2D eigenvalue weighted by atomic mass is 32.1. The Labute approximate surface area is 120 Å². The van der Waals surface area contributed by atoms with Gasteiger partial charge in [-0.2, -0.15) is 0 Å². The third-order valence-corrected chi connectivity index (χ3v) is 4.51. The van der Waals surface area contributed by atoms with E-state index in [2.05, 4.69) is 11.1 Å². The van der Waals surface area contributed by atoms with E-state index in [-0.39, 0.29) is 24.2 Å². The average molecular weight is 289 g/mol. The van der Waals surface area contributed by atoms with Gasteiger partial charge in [-0.05, 0) is 30.4 Å². The average Bonchev–Trinajstić information content (AvgIpc) is 3.11. The second-order valence-corrected chi connectivity index (χ2v) is 5.77. The molecule has 1 amide bonds. The maximum absolute atomic E-state index is 12.4. The first-order valence-electron chi connectivity index (χ1n) is 6.60. The van der Waals surface area contributed by atoms with E-state index in [1.807, 2.05) is 16.3 Å². The number of rotatable bonds is 3.